The molecule has 2 aromatic rings. The molecule has 1 saturated carbocycles. The molecule has 2 N–H and O–H groups in total. The summed E-state index contributed by atoms with van der Waals surface area (Å²) in [5.41, 5.74) is 3.75. The number of benzene rings is 1. The van der Waals surface area contributed by atoms with Crippen LogP contribution < -0.4 is 10.6 Å². The first-order valence-electron chi connectivity index (χ1n) is 7.09. The number of hydrogen-bond acceptors (Lipinski definition) is 4. The molecule has 1 fully saturated rings. The van der Waals surface area contributed by atoms with Gasteiger partial charge in [0.2, 0.25) is 0 Å². The summed E-state index contributed by atoms with van der Waals surface area (Å²) in [6, 6.07) is 6.39. The number of anilines is 2. The van der Waals surface area contributed by atoms with E-state index >= 15 is 0 Å². The van der Waals surface area contributed by atoms with Crippen LogP contribution in [0.3, 0.4) is 0 Å². The molecule has 1 amide bonds. The van der Waals surface area contributed by atoms with Crippen LogP contribution in [-0.2, 0) is 0 Å². The Morgan fingerprint density at radius 3 is 2.67 bits per heavy atom. The maximum atomic E-state index is 11.8. The van der Waals surface area contributed by atoms with Crippen LogP contribution in [0.1, 0.15) is 34.5 Å². The molecule has 0 aliphatic heterocycles. The molecule has 0 spiro atoms. The lowest BCUT2D eigenvalue weighted by atomic mass is 10.1. The standard InChI is InChI=1S/C16H18N4O/c1-10-4-3-5-13(11(10)2)20-15-9-17-14(8-18-15)16(21)19-12-6-7-12/h3-5,8-9,12H,6-7H2,1-2H3,(H,18,20)(H,19,21). The third-order valence-electron chi connectivity index (χ3n) is 3.66. The van der Waals surface area contributed by atoms with E-state index in [0.717, 1.165) is 18.5 Å². The van der Waals surface area contributed by atoms with Gasteiger partial charge in [0.1, 0.15) is 11.5 Å². The number of nitrogens with one attached hydrogen (secondary N) is 2. The van der Waals surface area contributed by atoms with E-state index in [1.54, 1.807) is 6.20 Å². The summed E-state index contributed by atoms with van der Waals surface area (Å²) < 4.78 is 0. The van der Waals surface area contributed by atoms with E-state index < -0.39 is 0 Å². The van der Waals surface area contributed by atoms with E-state index in [0.29, 0.717) is 17.6 Å². The Balaban J connectivity index is 1.71. The molecule has 1 heterocycles. The fourth-order valence-electron chi connectivity index (χ4n) is 2.02. The predicted octanol–water partition coefficient (Wildman–Crippen LogP) is 2.73. The van der Waals surface area contributed by atoms with Gasteiger partial charge in [0.15, 0.2) is 0 Å². The Bertz CT molecular complexity index is 662. The summed E-state index contributed by atoms with van der Waals surface area (Å²) in [4.78, 5) is 20.3. The molecule has 0 saturated heterocycles. The number of amides is 1. The normalized spacial score (nSPS) is 13.8. The number of rotatable bonds is 4. The van der Waals surface area contributed by atoms with E-state index in [9.17, 15) is 4.79 Å². The lowest BCUT2D eigenvalue weighted by Gasteiger charge is -2.10. The Kier molecular flexibility index (Phi) is 3.56. The third kappa shape index (κ3) is 3.18. The van der Waals surface area contributed by atoms with Gasteiger partial charge in [-0.05, 0) is 43.9 Å². The van der Waals surface area contributed by atoms with Crippen molar-refractivity contribution >= 4 is 17.4 Å². The van der Waals surface area contributed by atoms with Crippen molar-refractivity contribution in [2.24, 2.45) is 0 Å². The number of carbonyl (C=O) groups is 1. The smallest absolute Gasteiger partial charge is 0.271 e. The summed E-state index contributed by atoms with van der Waals surface area (Å²) in [5, 5.41) is 6.12. The first-order chi connectivity index (χ1) is 10.1. The Labute approximate surface area is 123 Å². The molecule has 0 unspecified atom stereocenters. The molecule has 0 bridgehead atoms. The minimum atomic E-state index is -0.150. The minimum Gasteiger partial charge on any atom is -0.348 e. The van der Waals surface area contributed by atoms with Crippen LogP contribution in [0.25, 0.3) is 0 Å². The quantitative estimate of drug-likeness (QED) is 0.905. The number of aryl methyl sites for hydroxylation is 1. The predicted molar refractivity (Wildman–Crippen MR) is 81.7 cm³/mol. The van der Waals surface area contributed by atoms with Gasteiger partial charge in [-0.1, -0.05) is 12.1 Å². The van der Waals surface area contributed by atoms with Gasteiger partial charge in [-0.2, -0.15) is 0 Å². The highest BCUT2D eigenvalue weighted by atomic mass is 16.2. The SMILES string of the molecule is Cc1cccc(Nc2cnc(C(=O)NC3CC3)cn2)c1C. The second kappa shape index (κ2) is 5.52. The van der Waals surface area contributed by atoms with Crippen molar-refractivity contribution < 1.29 is 4.79 Å². The van der Waals surface area contributed by atoms with Gasteiger partial charge < -0.3 is 10.6 Å². The second-order valence-electron chi connectivity index (χ2n) is 5.41. The van der Waals surface area contributed by atoms with E-state index in [4.69, 9.17) is 0 Å². The zero-order valence-corrected chi connectivity index (χ0v) is 12.2. The van der Waals surface area contributed by atoms with Gasteiger partial charge in [0.05, 0.1) is 12.4 Å². The summed E-state index contributed by atoms with van der Waals surface area (Å²) in [7, 11) is 0. The van der Waals surface area contributed by atoms with Crippen molar-refractivity contribution in [3.05, 3.63) is 47.4 Å². The zero-order valence-electron chi connectivity index (χ0n) is 12.2. The van der Waals surface area contributed by atoms with Crippen LogP contribution in [0.5, 0.6) is 0 Å². The largest absolute Gasteiger partial charge is 0.348 e. The number of carbonyl (C=O) groups excluding carboxylic acids is 1. The van der Waals surface area contributed by atoms with E-state index in [1.165, 1.54) is 17.3 Å². The number of hydrogen-bond donors (Lipinski definition) is 2. The van der Waals surface area contributed by atoms with Crippen molar-refractivity contribution in [3.63, 3.8) is 0 Å². The average Bonchev–Trinajstić information content (AvgIpc) is 3.28. The summed E-state index contributed by atoms with van der Waals surface area (Å²) in [6.45, 7) is 4.13. The van der Waals surface area contributed by atoms with Gasteiger partial charge in [0.25, 0.3) is 5.91 Å². The highest BCUT2D eigenvalue weighted by Crippen LogP contribution is 2.21. The molecule has 5 heteroatoms. The minimum absolute atomic E-state index is 0.150. The van der Waals surface area contributed by atoms with Crippen LogP contribution >= 0.6 is 0 Å². The van der Waals surface area contributed by atoms with Gasteiger partial charge in [0, 0.05) is 11.7 Å². The van der Waals surface area contributed by atoms with Gasteiger partial charge >= 0.3 is 0 Å². The highest BCUT2D eigenvalue weighted by molar-refractivity contribution is 5.92. The lowest BCUT2D eigenvalue weighted by molar-refractivity contribution is 0.0945. The molecule has 0 atom stereocenters. The van der Waals surface area contributed by atoms with Crippen molar-refractivity contribution in [1.82, 2.24) is 15.3 Å². The summed E-state index contributed by atoms with van der Waals surface area (Å²) in [5.74, 6) is 0.481. The molecule has 5 nitrogen and oxygen atoms in total. The van der Waals surface area contributed by atoms with Crippen LogP contribution in [-0.4, -0.2) is 21.9 Å². The van der Waals surface area contributed by atoms with Crippen molar-refractivity contribution in [2.75, 3.05) is 5.32 Å². The van der Waals surface area contributed by atoms with E-state index in [1.807, 2.05) is 12.1 Å². The highest BCUT2D eigenvalue weighted by Gasteiger charge is 2.24. The Morgan fingerprint density at radius 2 is 2.00 bits per heavy atom. The molecular formula is C16H18N4O. The zero-order chi connectivity index (χ0) is 14.8. The number of aromatic nitrogens is 2. The van der Waals surface area contributed by atoms with Gasteiger partial charge in [-0.3, -0.25) is 4.79 Å². The van der Waals surface area contributed by atoms with Crippen LogP contribution in [0.15, 0.2) is 30.6 Å². The fraction of sp³-hybridized carbons (Fsp3) is 0.312. The Hall–Kier alpha value is -2.43. The van der Waals surface area contributed by atoms with Crippen LogP contribution in [0.4, 0.5) is 11.5 Å². The monoisotopic (exact) mass is 282 g/mol. The maximum absolute atomic E-state index is 11.8. The second-order valence-corrected chi connectivity index (χ2v) is 5.41. The van der Waals surface area contributed by atoms with Crippen molar-refractivity contribution in [1.29, 1.82) is 0 Å². The molecule has 1 aromatic heterocycles. The van der Waals surface area contributed by atoms with Crippen LogP contribution in [0.2, 0.25) is 0 Å². The summed E-state index contributed by atoms with van der Waals surface area (Å²) in [6.07, 6.45) is 5.21. The Morgan fingerprint density at radius 1 is 1.19 bits per heavy atom. The third-order valence-corrected chi connectivity index (χ3v) is 3.66. The average molecular weight is 282 g/mol. The van der Waals surface area contributed by atoms with E-state index in [-0.39, 0.29) is 5.91 Å². The van der Waals surface area contributed by atoms with E-state index in [2.05, 4.69) is 40.5 Å². The maximum Gasteiger partial charge on any atom is 0.271 e. The lowest BCUT2D eigenvalue weighted by Crippen LogP contribution is -2.26. The number of nitrogens with zero attached hydrogens (tertiary/aromatic N) is 2. The molecule has 108 valence electrons. The molecule has 1 aliphatic carbocycles. The molecule has 21 heavy (non-hydrogen) atoms. The van der Waals surface area contributed by atoms with Gasteiger partial charge in [-0.15, -0.1) is 0 Å². The molecule has 3 rings (SSSR count). The molecule has 1 aliphatic rings. The first-order valence-corrected chi connectivity index (χ1v) is 7.09. The fourth-order valence-corrected chi connectivity index (χ4v) is 2.02. The van der Waals surface area contributed by atoms with Crippen LogP contribution in [0, 0.1) is 13.8 Å². The topological polar surface area (TPSA) is 66.9 Å². The molecule has 1 aromatic carbocycles. The van der Waals surface area contributed by atoms with Crippen molar-refractivity contribution in [2.45, 2.75) is 32.7 Å². The first kappa shape index (κ1) is 13.5. The summed E-state index contributed by atoms with van der Waals surface area (Å²) >= 11 is 0. The molecule has 0 radical (unpaired) electrons. The molecular weight excluding hydrogens is 264 g/mol. The van der Waals surface area contributed by atoms with Crippen molar-refractivity contribution in [3.8, 4) is 0 Å². The van der Waals surface area contributed by atoms with Gasteiger partial charge in [-0.25, -0.2) is 9.97 Å².